The van der Waals surface area contributed by atoms with E-state index in [0.29, 0.717) is 6.42 Å². The summed E-state index contributed by atoms with van der Waals surface area (Å²) in [6.45, 7) is 1.86. The molecule has 0 aliphatic rings. The van der Waals surface area contributed by atoms with Crippen molar-refractivity contribution in [3.05, 3.63) is 23.5 Å². The van der Waals surface area contributed by atoms with Crippen molar-refractivity contribution in [3.63, 3.8) is 0 Å². The summed E-state index contributed by atoms with van der Waals surface area (Å²) in [5.74, 6) is 0.761. The van der Waals surface area contributed by atoms with E-state index in [1.807, 2.05) is 19.1 Å². The van der Waals surface area contributed by atoms with E-state index >= 15 is 0 Å². The topological polar surface area (TPSA) is 45.9 Å². The fraction of sp³-hybridized carbons (Fsp3) is 0.333. The molecule has 0 amide bonds. The number of ether oxygens (including phenoxy) is 1. The molecule has 0 unspecified atom stereocenters. The third kappa shape index (κ3) is 1.73. The molecule has 1 heterocycles. The van der Waals surface area contributed by atoms with Gasteiger partial charge in [0.25, 0.3) is 0 Å². The molecular formula is C9H10N2O. The van der Waals surface area contributed by atoms with Crippen molar-refractivity contribution in [3.8, 4) is 11.8 Å². The van der Waals surface area contributed by atoms with Gasteiger partial charge >= 0.3 is 0 Å². The van der Waals surface area contributed by atoms with Gasteiger partial charge in [-0.25, -0.2) is 0 Å². The molecule has 0 aliphatic heterocycles. The van der Waals surface area contributed by atoms with Gasteiger partial charge in [-0.2, -0.15) is 5.26 Å². The molecule has 0 aromatic carbocycles. The van der Waals surface area contributed by atoms with E-state index < -0.39 is 0 Å². The number of aryl methyl sites for hydroxylation is 1. The minimum atomic E-state index is 0.352. The van der Waals surface area contributed by atoms with Crippen molar-refractivity contribution >= 4 is 0 Å². The predicted octanol–water partition coefficient (Wildman–Crippen LogP) is 1.46. The number of nitriles is 1. The second-order valence-electron chi connectivity index (χ2n) is 2.43. The van der Waals surface area contributed by atoms with Gasteiger partial charge in [0.2, 0.25) is 0 Å². The number of hydrogen-bond acceptors (Lipinski definition) is 3. The lowest BCUT2D eigenvalue weighted by Crippen LogP contribution is -1.94. The van der Waals surface area contributed by atoms with Gasteiger partial charge in [0.05, 0.1) is 31.0 Å². The Kier molecular flexibility index (Phi) is 2.65. The molecule has 0 atom stereocenters. The van der Waals surface area contributed by atoms with Crippen molar-refractivity contribution < 1.29 is 4.74 Å². The highest BCUT2D eigenvalue weighted by Gasteiger charge is 2.00. The average molecular weight is 162 g/mol. The molecule has 1 aromatic heterocycles. The van der Waals surface area contributed by atoms with Crippen LogP contribution in [0.1, 0.15) is 11.4 Å². The Bertz CT molecular complexity index is 315. The van der Waals surface area contributed by atoms with Crippen LogP contribution in [0.2, 0.25) is 0 Å². The van der Waals surface area contributed by atoms with E-state index in [4.69, 9.17) is 10.00 Å². The summed E-state index contributed by atoms with van der Waals surface area (Å²) in [7, 11) is 1.61. The van der Waals surface area contributed by atoms with Gasteiger partial charge in [-0.3, -0.25) is 4.98 Å². The van der Waals surface area contributed by atoms with Gasteiger partial charge in [-0.1, -0.05) is 0 Å². The number of pyridine rings is 1. The molecule has 0 aliphatic carbocycles. The minimum absolute atomic E-state index is 0.352. The zero-order chi connectivity index (χ0) is 8.97. The fourth-order valence-corrected chi connectivity index (χ4v) is 0.995. The van der Waals surface area contributed by atoms with Gasteiger partial charge in [-0.05, 0) is 19.1 Å². The fourth-order valence-electron chi connectivity index (χ4n) is 0.995. The van der Waals surface area contributed by atoms with Crippen LogP contribution in [0.25, 0.3) is 0 Å². The first-order chi connectivity index (χ1) is 5.77. The number of rotatable bonds is 2. The Morgan fingerprint density at radius 3 is 2.83 bits per heavy atom. The summed E-state index contributed by atoms with van der Waals surface area (Å²) in [6, 6.07) is 5.67. The SMILES string of the molecule is COc1ccc(CC#N)nc1C. The molecule has 3 nitrogen and oxygen atoms in total. The van der Waals surface area contributed by atoms with Crippen molar-refractivity contribution in [2.24, 2.45) is 0 Å². The summed E-state index contributed by atoms with van der Waals surface area (Å²) in [4.78, 5) is 4.19. The van der Waals surface area contributed by atoms with E-state index in [-0.39, 0.29) is 0 Å². The summed E-state index contributed by atoms with van der Waals surface area (Å²) in [5.41, 5.74) is 1.61. The highest BCUT2D eigenvalue weighted by Crippen LogP contribution is 2.14. The van der Waals surface area contributed by atoms with Crippen LogP contribution in [-0.4, -0.2) is 12.1 Å². The van der Waals surface area contributed by atoms with Crippen LogP contribution in [0.3, 0.4) is 0 Å². The van der Waals surface area contributed by atoms with Gasteiger partial charge in [0, 0.05) is 0 Å². The molecule has 0 bridgehead atoms. The van der Waals surface area contributed by atoms with Gasteiger partial charge in [0.1, 0.15) is 5.75 Å². The Morgan fingerprint density at radius 1 is 1.58 bits per heavy atom. The van der Waals surface area contributed by atoms with Crippen LogP contribution >= 0.6 is 0 Å². The van der Waals surface area contributed by atoms with Crippen LogP contribution in [0, 0.1) is 18.3 Å². The lowest BCUT2D eigenvalue weighted by molar-refractivity contribution is 0.409. The van der Waals surface area contributed by atoms with Crippen molar-refractivity contribution in [1.82, 2.24) is 4.98 Å². The van der Waals surface area contributed by atoms with Crippen molar-refractivity contribution in [2.45, 2.75) is 13.3 Å². The van der Waals surface area contributed by atoms with E-state index in [1.54, 1.807) is 13.2 Å². The first kappa shape index (κ1) is 8.54. The third-order valence-electron chi connectivity index (χ3n) is 1.58. The molecule has 0 fully saturated rings. The van der Waals surface area contributed by atoms with Crippen LogP contribution in [-0.2, 0) is 6.42 Å². The first-order valence-electron chi connectivity index (χ1n) is 3.65. The number of nitrogens with zero attached hydrogens (tertiary/aromatic N) is 2. The van der Waals surface area contributed by atoms with E-state index in [0.717, 1.165) is 17.1 Å². The Hall–Kier alpha value is -1.56. The van der Waals surface area contributed by atoms with Crippen LogP contribution in [0.5, 0.6) is 5.75 Å². The smallest absolute Gasteiger partial charge is 0.140 e. The highest BCUT2D eigenvalue weighted by molar-refractivity contribution is 5.28. The number of aromatic nitrogens is 1. The molecule has 62 valence electrons. The molecular weight excluding hydrogens is 152 g/mol. The van der Waals surface area contributed by atoms with Crippen molar-refractivity contribution in [2.75, 3.05) is 7.11 Å². The lowest BCUT2D eigenvalue weighted by atomic mass is 10.2. The Morgan fingerprint density at radius 2 is 2.33 bits per heavy atom. The molecule has 0 spiro atoms. The summed E-state index contributed by atoms with van der Waals surface area (Å²) < 4.78 is 5.03. The van der Waals surface area contributed by atoms with Gasteiger partial charge in [0.15, 0.2) is 0 Å². The monoisotopic (exact) mass is 162 g/mol. The van der Waals surface area contributed by atoms with E-state index in [9.17, 15) is 0 Å². The van der Waals surface area contributed by atoms with E-state index in [1.165, 1.54) is 0 Å². The summed E-state index contributed by atoms with van der Waals surface area (Å²) in [5, 5.41) is 8.42. The van der Waals surface area contributed by atoms with Gasteiger partial charge in [-0.15, -0.1) is 0 Å². The van der Waals surface area contributed by atoms with E-state index in [2.05, 4.69) is 4.98 Å². The molecule has 0 saturated carbocycles. The molecule has 1 aromatic rings. The molecule has 1 rings (SSSR count). The molecule has 12 heavy (non-hydrogen) atoms. The minimum Gasteiger partial charge on any atom is -0.495 e. The average Bonchev–Trinajstić information content (AvgIpc) is 2.05. The zero-order valence-corrected chi connectivity index (χ0v) is 7.16. The Labute approximate surface area is 71.6 Å². The summed E-state index contributed by atoms with van der Waals surface area (Å²) in [6.07, 6.45) is 0.352. The zero-order valence-electron chi connectivity index (χ0n) is 7.16. The second-order valence-corrected chi connectivity index (χ2v) is 2.43. The maximum absolute atomic E-state index is 8.42. The third-order valence-corrected chi connectivity index (χ3v) is 1.58. The highest BCUT2D eigenvalue weighted by atomic mass is 16.5. The van der Waals surface area contributed by atoms with Gasteiger partial charge < -0.3 is 4.74 Å². The van der Waals surface area contributed by atoms with Crippen LogP contribution in [0.4, 0.5) is 0 Å². The maximum Gasteiger partial charge on any atom is 0.140 e. The first-order valence-corrected chi connectivity index (χ1v) is 3.65. The van der Waals surface area contributed by atoms with Crippen molar-refractivity contribution in [1.29, 1.82) is 5.26 Å². The quantitative estimate of drug-likeness (QED) is 0.661. The van der Waals surface area contributed by atoms with Crippen LogP contribution < -0.4 is 4.74 Å². The maximum atomic E-state index is 8.42. The second kappa shape index (κ2) is 3.72. The lowest BCUT2D eigenvalue weighted by Gasteiger charge is -2.03. The molecule has 3 heteroatoms. The largest absolute Gasteiger partial charge is 0.495 e. The molecule has 0 N–H and O–H groups in total. The normalized spacial score (nSPS) is 9.08. The van der Waals surface area contributed by atoms with Crippen LogP contribution in [0.15, 0.2) is 12.1 Å². The summed E-state index contributed by atoms with van der Waals surface area (Å²) >= 11 is 0. The molecule has 0 radical (unpaired) electrons. The standard InChI is InChI=1S/C9H10N2O/c1-7-9(12-2)4-3-8(11-7)5-6-10/h3-4H,5H2,1-2H3. The number of methoxy groups -OCH3 is 1. The Balaban J connectivity index is 2.95. The molecule has 0 saturated heterocycles. The number of hydrogen-bond donors (Lipinski definition) is 0. The predicted molar refractivity (Wildman–Crippen MR) is 44.8 cm³/mol.